The highest BCUT2D eigenvalue weighted by atomic mass is 32.2. The van der Waals surface area contributed by atoms with E-state index in [9.17, 15) is 5.11 Å². The fourth-order valence-electron chi connectivity index (χ4n) is 2.20. The molecule has 0 fully saturated rings. The average molecular weight is 306 g/mol. The van der Waals surface area contributed by atoms with Gasteiger partial charge in [-0.05, 0) is 48.2 Å². The zero-order valence-electron chi connectivity index (χ0n) is 13.0. The quantitative estimate of drug-likeness (QED) is 0.831. The van der Waals surface area contributed by atoms with Gasteiger partial charge in [0, 0.05) is 5.75 Å². The van der Waals surface area contributed by atoms with Crippen LogP contribution in [-0.2, 0) is 0 Å². The second-order valence-corrected chi connectivity index (χ2v) is 6.28. The van der Waals surface area contributed by atoms with Crippen molar-refractivity contribution in [3.05, 3.63) is 29.3 Å². The maximum Gasteiger partial charge on any atom is 0.214 e. The van der Waals surface area contributed by atoms with E-state index in [1.807, 2.05) is 45.9 Å². The van der Waals surface area contributed by atoms with Crippen LogP contribution < -0.4 is 0 Å². The van der Waals surface area contributed by atoms with Gasteiger partial charge in [-0.3, -0.25) is 0 Å². The van der Waals surface area contributed by atoms with Crippen molar-refractivity contribution < 1.29 is 5.11 Å². The summed E-state index contributed by atoms with van der Waals surface area (Å²) in [5.41, 5.74) is 2.61. The fraction of sp³-hybridized carbons (Fsp3) is 0.533. The molecule has 0 atom stereocenters. The summed E-state index contributed by atoms with van der Waals surface area (Å²) in [4.78, 5) is 0. The molecule has 0 radical (unpaired) electrons. The van der Waals surface area contributed by atoms with Crippen molar-refractivity contribution in [2.75, 3.05) is 5.75 Å². The van der Waals surface area contributed by atoms with Gasteiger partial charge in [-0.15, -0.1) is 5.10 Å². The van der Waals surface area contributed by atoms with Crippen molar-refractivity contribution in [1.82, 2.24) is 20.2 Å². The summed E-state index contributed by atoms with van der Waals surface area (Å²) in [7, 11) is 0. The molecule has 114 valence electrons. The Labute approximate surface area is 129 Å². The van der Waals surface area contributed by atoms with E-state index in [0.29, 0.717) is 10.9 Å². The van der Waals surface area contributed by atoms with Crippen molar-refractivity contribution in [3.8, 4) is 5.69 Å². The summed E-state index contributed by atoms with van der Waals surface area (Å²) in [6.07, 6.45) is 1.45. The number of benzene rings is 1. The number of para-hydroxylation sites is 1. The molecule has 0 spiro atoms. The first-order valence-corrected chi connectivity index (χ1v) is 8.19. The number of rotatable bonds is 6. The van der Waals surface area contributed by atoms with E-state index >= 15 is 0 Å². The van der Waals surface area contributed by atoms with Gasteiger partial charge in [0.25, 0.3) is 0 Å². The van der Waals surface area contributed by atoms with Crippen LogP contribution in [-0.4, -0.2) is 36.7 Å². The number of hydrogen-bond acceptors (Lipinski definition) is 5. The minimum atomic E-state index is -0.664. The summed E-state index contributed by atoms with van der Waals surface area (Å²) < 4.78 is 1.76. The highest BCUT2D eigenvalue weighted by molar-refractivity contribution is 7.99. The zero-order chi connectivity index (χ0) is 15.5. The third-order valence-electron chi connectivity index (χ3n) is 3.88. The van der Waals surface area contributed by atoms with Crippen molar-refractivity contribution in [2.24, 2.45) is 0 Å². The molecule has 1 heterocycles. The standard InChI is InChI=1S/C15H22N4OS/c1-5-15(20,6-2)10-21-14-16-17-18-19(14)13-11(3)8-7-9-12(13)4/h7-9,20H,5-6,10H2,1-4H3. The fourth-order valence-corrected chi connectivity index (χ4v) is 3.35. The lowest BCUT2D eigenvalue weighted by atomic mass is 10.0. The lowest BCUT2D eigenvalue weighted by Gasteiger charge is -2.24. The molecule has 2 aromatic rings. The molecule has 1 N–H and O–H groups in total. The maximum atomic E-state index is 10.4. The summed E-state index contributed by atoms with van der Waals surface area (Å²) in [5, 5.41) is 23.1. The molecule has 2 rings (SSSR count). The van der Waals surface area contributed by atoms with Crippen LogP contribution in [0, 0.1) is 13.8 Å². The summed E-state index contributed by atoms with van der Waals surface area (Å²) in [5.74, 6) is 0.589. The van der Waals surface area contributed by atoms with E-state index in [0.717, 1.165) is 29.7 Å². The molecule has 0 aliphatic heterocycles. The van der Waals surface area contributed by atoms with Gasteiger partial charge in [0.15, 0.2) is 0 Å². The monoisotopic (exact) mass is 306 g/mol. The molecule has 0 saturated carbocycles. The highest BCUT2D eigenvalue weighted by Crippen LogP contribution is 2.28. The van der Waals surface area contributed by atoms with Gasteiger partial charge in [-0.2, -0.15) is 4.68 Å². The van der Waals surface area contributed by atoms with E-state index in [4.69, 9.17) is 0 Å². The highest BCUT2D eigenvalue weighted by Gasteiger charge is 2.24. The van der Waals surface area contributed by atoms with Crippen LogP contribution in [0.25, 0.3) is 5.69 Å². The van der Waals surface area contributed by atoms with Crippen molar-refractivity contribution in [3.63, 3.8) is 0 Å². The van der Waals surface area contributed by atoms with Gasteiger partial charge >= 0.3 is 0 Å². The van der Waals surface area contributed by atoms with Gasteiger partial charge in [-0.1, -0.05) is 43.8 Å². The molecule has 1 aromatic heterocycles. The Bertz CT molecular complexity index is 587. The van der Waals surface area contributed by atoms with Crippen molar-refractivity contribution in [1.29, 1.82) is 0 Å². The lowest BCUT2D eigenvalue weighted by molar-refractivity contribution is 0.0571. The Hall–Kier alpha value is -1.40. The SMILES string of the molecule is CCC(O)(CC)CSc1nnnn1-c1c(C)cccc1C. The van der Waals surface area contributed by atoms with E-state index < -0.39 is 5.60 Å². The topological polar surface area (TPSA) is 63.8 Å². The first kappa shape index (κ1) is 16.0. The molecule has 5 nitrogen and oxygen atoms in total. The molecular formula is C15H22N4OS. The maximum absolute atomic E-state index is 10.4. The Morgan fingerprint density at radius 1 is 1.19 bits per heavy atom. The third-order valence-corrected chi connectivity index (χ3v) is 5.07. The Kier molecular flexibility index (Phi) is 5.00. The second-order valence-electron chi connectivity index (χ2n) is 5.33. The van der Waals surface area contributed by atoms with Crippen LogP contribution in [0.5, 0.6) is 0 Å². The van der Waals surface area contributed by atoms with E-state index in [2.05, 4.69) is 15.5 Å². The van der Waals surface area contributed by atoms with E-state index in [-0.39, 0.29) is 0 Å². The molecule has 0 aliphatic carbocycles. The molecule has 0 unspecified atom stereocenters. The zero-order valence-corrected chi connectivity index (χ0v) is 13.8. The van der Waals surface area contributed by atoms with Crippen LogP contribution in [0.1, 0.15) is 37.8 Å². The van der Waals surface area contributed by atoms with Crippen LogP contribution in [0.2, 0.25) is 0 Å². The normalized spacial score (nSPS) is 11.9. The number of aryl methyl sites for hydroxylation is 2. The van der Waals surface area contributed by atoms with Crippen LogP contribution >= 0.6 is 11.8 Å². The number of aromatic nitrogens is 4. The van der Waals surface area contributed by atoms with Gasteiger partial charge in [0.2, 0.25) is 5.16 Å². The Balaban J connectivity index is 2.28. The minimum Gasteiger partial charge on any atom is -0.389 e. The van der Waals surface area contributed by atoms with Crippen LogP contribution in [0.3, 0.4) is 0 Å². The first-order chi connectivity index (χ1) is 10.0. The van der Waals surface area contributed by atoms with Gasteiger partial charge < -0.3 is 5.11 Å². The molecule has 6 heteroatoms. The minimum absolute atomic E-state index is 0.589. The molecule has 0 amide bonds. The van der Waals surface area contributed by atoms with Crippen LogP contribution in [0.15, 0.2) is 23.4 Å². The van der Waals surface area contributed by atoms with Gasteiger partial charge in [0.1, 0.15) is 0 Å². The second kappa shape index (κ2) is 6.58. The van der Waals surface area contributed by atoms with E-state index in [1.54, 1.807) is 4.68 Å². The van der Waals surface area contributed by atoms with E-state index in [1.165, 1.54) is 11.8 Å². The number of hydrogen-bond donors (Lipinski definition) is 1. The summed E-state index contributed by atoms with van der Waals surface area (Å²) >= 11 is 1.50. The lowest BCUT2D eigenvalue weighted by Crippen LogP contribution is -2.29. The number of aliphatic hydroxyl groups is 1. The van der Waals surface area contributed by atoms with Crippen LogP contribution in [0.4, 0.5) is 0 Å². The largest absolute Gasteiger partial charge is 0.389 e. The Morgan fingerprint density at radius 2 is 1.81 bits per heavy atom. The van der Waals surface area contributed by atoms with Crippen molar-refractivity contribution in [2.45, 2.75) is 51.3 Å². The molecule has 1 aromatic carbocycles. The number of thioether (sulfide) groups is 1. The molecule has 0 saturated heterocycles. The third kappa shape index (κ3) is 3.44. The van der Waals surface area contributed by atoms with Gasteiger partial charge in [0.05, 0.1) is 11.3 Å². The molecule has 0 bridgehead atoms. The summed E-state index contributed by atoms with van der Waals surface area (Å²) in [6.45, 7) is 8.09. The first-order valence-electron chi connectivity index (χ1n) is 7.21. The smallest absolute Gasteiger partial charge is 0.214 e. The Morgan fingerprint density at radius 3 is 2.38 bits per heavy atom. The molecule has 21 heavy (non-hydrogen) atoms. The predicted octanol–water partition coefficient (Wildman–Crippen LogP) is 2.92. The molecule has 0 aliphatic rings. The average Bonchev–Trinajstić information content (AvgIpc) is 2.93. The summed E-state index contributed by atoms with van der Waals surface area (Å²) in [6, 6.07) is 6.12. The van der Waals surface area contributed by atoms with Crippen molar-refractivity contribution >= 4 is 11.8 Å². The van der Waals surface area contributed by atoms with Gasteiger partial charge in [-0.25, -0.2) is 0 Å². The number of nitrogens with zero attached hydrogens (tertiary/aromatic N) is 4. The molecular weight excluding hydrogens is 284 g/mol. The predicted molar refractivity (Wildman–Crippen MR) is 84.9 cm³/mol. The number of tetrazole rings is 1.